The van der Waals surface area contributed by atoms with Gasteiger partial charge >= 0.3 is 0 Å². The molecule has 0 amide bonds. The molecule has 0 spiro atoms. The lowest BCUT2D eigenvalue weighted by Crippen LogP contribution is -2.15. The van der Waals surface area contributed by atoms with Crippen molar-refractivity contribution >= 4 is 0 Å². The number of methoxy groups -OCH3 is 2. The predicted molar refractivity (Wildman–Crippen MR) is 77.1 cm³/mol. The molecule has 0 N–H and O–H groups in total. The molecule has 0 unspecified atom stereocenters. The molecule has 2 aromatic carbocycles. The third-order valence-corrected chi connectivity index (χ3v) is 3.50. The molecule has 2 heterocycles. The molecule has 2 aliphatic rings. The molecule has 22 heavy (non-hydrogen) atoms. The summed E-state index contributed by atoms with van der Waals surface area (Å²) in [6.45, 7) is 1.04. The first kappa shape index (κ1) is 12.9. The van der Waals surface area contributed by atoms with Crippen LogP contribution in [0.4, 0.5) is 0 Å². The van der Waals surface area contributed by atoms with E-state index >= 15 is 0 Å². The predicted octanol–water partition coefficient (Wildman–Crippen LogP) is 3.37. The number of fused-ring (bicyclic) bond motifs is 3. The highest BCUT2D eigenvalue weighted by Crippen LogP contribution is 2.52. The number of hydrogen-bond donors (Lipinski definition) is 0. The SMILES string of the molecule is COc1cc2c(cc1OC)Oc1cc3c(cc1O2)OCCO3. The molecule has 2 aliphatic heterocycles. The van der Waals surface area contributed by atoms with Gasteiger partial charge < -0.3 is 28.4 Å². The van der Waals surface area contributed by atoms with E-state index in [1.165, 1.54) is 0 Å². The van der Waals surface area contributed by atoms with Crippen molar-refractivity contribution in [1.82, 2.24) is 0 Å². The molecule has 4 rings (SSSR count). The summed E-state index contributed by atoms with van der Waals surface area (Å²) in [5.41, 5.74) is 0. The Morgan fingerprint density at radius 1 is 0.636 bits per heavy atom. The first-order chi connectivity index (χ1) is 10.8. The van der Waals surface area contributed by atoms with E-state index in [4.69, 9.17) is 28.4 Å². The minimum absolute atomic E-state index is 0.522. The van der Waals surface area contributed by atoms with Crippen molar-refractivity contribution in [1.29, 1.82) is 0 Å². The van der Waals surface area contributed by atoms with Gasteiger partial charge in [0.1, 0.15) is 13.2 Å². The molecule has 2 aromatic rings. The zero-order valence-electron chi connectivity index (χ0n) is 12.2. The first-order valence-electron chi connectivity index (χ1n) is 6.84. The van der Waals surface area contributed by atoms with E-state index < -0.39 is 0 Å². The Bertz CT molecular complexity index is 634. The van der Waals surface area contributed by atoms with Crippen molar-refractivity contribution < 1.29 is 28.4 Å². The molecule has 0 radical (unpaired) electrons. The maximum Gasteiger partial charge on any atom is 0.174 e. The van der Waals surface area contributed by atoms with Crippen molar-refractivity contribution in [2.45, 2.75) is 0 Å². The molecule has 0 aliphatic carbocycles. The topological polar surface area (TPSA) is 55.4 Å². The van der Waals surface area contributed by atoms with Gasteiger partial charge in [0.25, 0.3) is 0 Å². The molecule has 0 fully saturated rings. The molecule has 6 heteroatoms. The van der Waals surface area contributed by atoms with Crippen LogP contribution < -0.4 is 28.4 Å². The van der Waals surface area contributed by atoms with E-state index in [9.17, 15) is 0 Å². The summed E-state index contributed by atoms with van der Waals surface area (Å²) in [4.78, 5) is 0. The summed E-state index contributed by atoms with van der Waals surface area (Å²) < 4.78 is 33.4. The minimum atomic E-state index is 0.522. The molecule has 0 aromatic heterocycles. The zero-order valence-corrected chi connectivity index (χ0v) is 12.2. The van der Waals surface area contributed by atoms with E-state index in [-0.39, 0.29) is 0 Å². The minimum Gasteiger partial charge on any atom is -0.493 e. The number of rotatable bonds is 2. The molecule has 0 atom stereocenters. The maximum atomic E-state index is 5.89. The van der Waals surface area contributed by atoms with Gasteiger partial charge in [-0.3, -0.25) is 0 Å². The maximum absolute atomic E-state index is 5.89. The van der Waals surface area contributed by atoms with Gasteiger partial charge in [0.2, 0.25) is 0 Å². The van der Waals surface area contributed by atoms with Crippen molar-refractivity contribution in [3.63, 3.8) is 0 Å². The second-order valence-corrected chi connectivity index (χ2v) is 4.80. The van der Waals surface area contributed by atoms with Crippen LogP contribution in [0, 0.1) is 0 Å². The van der Waals surface area contributed by atoms with Gasteiger partial charge in [0.05, 0.1) is 14.2 Å². The van der Waals surface area contributed by atoms with Crippen LogP contribution >= 0.6 is 0 Å². The van der Waals surface area contributed by atoms with Crippen molar-refractivity contribution in [2.75, 3.05) is 27.4 Å². The van der Waals surface area contributed by atoms with Crippen LogP contribution in [0.3, 0.4) is 0 Å². The van der Waals surface area contributed by atoms with E-state index in [0.717, 1.165) is 0 Å². The van der Waals surface area contributed by atoms with E-state index in [1.807, 2.05) is 0 Å². The Labute approximate surface area is 127 Å². The highest BCUT2D eigenvalue weighted by atomic mass is 16.6. The molecule has 0 saturated heterocycles. The quantitative estimate of drug-likeness (QED) is 0.723. The standard InChI is InChI=1S/C16H14O6/c1-17-9-5-13-14(6-10(9)18-2)22-16-8-12-11(7-15(16)21-13)19-3-4-20-12/h5-8H,3-4H2,1-2H3. The summed E-state index contributed by atoms with van der Waals surface area (Å²) in [7, 11) is 3.15. The average Bonchev–Trinajstić information content (AvgIpc) is 2.56. The Morgan fingerprint density at radius 2 is 1.05 bits per heavy atom. The van der Waals surface area contributed by atoms with Gasteiger partial charge in [-0.25, -0.2) is 0 Å². The Morgan fingerprint density at radius 3 is 1.45 bits per heavy atom. The molecular formula is C16H14O6. The van der Waals surface area contributed by atoms with E-state index in [1.54, 1.807) is 38.5 Å². The monoisotopic (exact) mass is 302 g/mol. The van der Waals surface area contributed by atoms with E-state index in [2.05, 4.69) is 0 Å². The summed E-state index contributed by atoms with van der Waals surface area (Å²) in [6, 6.07) is 6.99. The summed E-state index contributed by atoms with van der Waals surface area (Å²) in [6.07, 6.45) is 0. The van der Waals surface area contributed by atoms with Gasteiger partial charge in [0, 0.05) is 24.3 Å². The van der Waals surface area contributed by atoms with Crippen LogP contribution in [-0.4, -0.2) is 27.4 Å². The Hall–Kier alpha value is -2.76. The summed E-state index contributed by atoms with van der Waals surface area (Å²) in [5, 5.41) is 0. The lowest BCUT2D eigenvalue weighted by molar-refractivity contribution is 0.169. The second kappa shape index (κ2) is 4.91. The van der Waals surface area contributed by atoms with Crippen molar-refractivity contribution in [3.8, 4) is 46.0 Å². The summed E-state index contributed by atoms with van der Waals surface area (Å²) >= 11 is 0. The van der Waals surface area contributed by atoms with Crippen molar-refractivity contribution in [2.24, 2.45) is 0 Å². The smallest absolute Gasteiger partial charge is 0.174 e. The second-order valence-electron chi connectivity index (χ2n) is 4.80. The van der Waals surface area contributed by atoms with Crippen LogP contribution in [0.5, 0.6) is 46.0 Å². The molecule has 0 bridgehead atoms. The highest BCUT2D eigenvalue weighted by molar-refractivity contribution is 5.64. The van der Waals surface area contributed by atoms with Gasteiger partial charge in [-0.2, -0.15) is 0 Å². The molecule has 0 saturated carbocycles. The molecular weight excluding hydrogens is 288 g/mol. The Kier molecular flexibility index (Phi) is 2.89. The van der Waals surface area contributed by atoms with Gasteiger partial charge in [-0.15, -0.1) is 0 Å². The third-order valence-electron chi connectivity index (χ3n) is 3.50. The fourth-order valence-electron chi connectivity index (χ4n) is 2.45. The molecule has 6 nitrogen and oxygen atoms in total. The first-order valence-corrected chi connectivity index (χ1v) is 6.84. The van der Waals surface area contributed by atoms with Gasteiger partial charge in [0.15, 0.2) is 46.0 Å². The van der Waals surface area contributed by atoms with Gasteiger partial charge in [-0.05, 0) is 0 Å². The van der Waals surface area contributed by atoms with Crippen LogP contribution in [-0.2, 0) is 0 Å². The number of hydrogen-bond acceptors (Lipinski definition) is 6. The van der Waals surface area contributed by atoms with Crippen LogP contribution in [0.15, 0.2) is 24.3 Å². The number of ether oxygens (including phenoxy) is 6. The lowest BCUT2D eigenvalue weighted by atomic mass is 10.2. The zero-order chi connectivity index (χ0) is 15.1. The average molecular weight is 302 g/mol. The van der Waals surface area contributed by atoms with Crippen LogP contribution in [0.2, 0.25) is 0 Å². The fraction of sp³-hybridized carbons (Fsp3) is 0.250. The van der Waals surface area contributed by atoms with Crippen LogP contribution in [0.1, 0.15) is 0 Å². The highest BCUT2D eigenvalue weighted by Gasteiger charge is 2.25. The van der Waals surface area contributed by atoms with Crippen LogP contribution in [0.25, 0.3) is 0 Å². The molecule has 114 valence electrons. The van der Waals surface area contributed by atoms with E-state index in [0.29, 0.717) is 59.2 Å². The normalized spacial score (nSPS) is 14.1. The number of benzene rings is 2. The largest absolute Gasteiger partial charge is 0.493 e. The van der Waals surface area contributed by atoms with Gasteiger partial charge in [-0.1, -0.05) is 0 Å². The van der Waals surface area contributed by atoms with Crippen molar-refractivity contribution in [3.05, 3.63) is 24.3 Å². The summed E-state index contributed by atoms with van der Waals surface area (Å²) in [5.74, 6) is 4.71. The Balaban J connectivity index is 1.76. The lowest BCUT2D eigenvalue weighted by Gasteiger charge is -2.25. The third kappa shape index (κ3) is 1.95. The fourth-order valence-corrected chi connectivity index (χ4v) is 2.45.